The Morgan fingerprint density at radius 3 is 2.76 bits per heavy atom. The summed E-state index contributed by atoms with van der Waals surface area (Å²) in [5.41, 5.74) is 0. The van der Waals surface area contributed by atoms with Crippen LogP contribution in [0.5, 0.6) is 5.75 Å². The second-order valence-corrected chi connectivity index (χ2v) is 6.86. The minimum atomic E-state index is -3.82. The zero-order chi connectivity index (χ0) is 15.6. The van der Waals surface area contributed by atoms with Crippen LogP contribution in [0.2, 0.25) is 5.02 Å². The first-order valence-corrected chi connectivity index (χ1v) is 8.05. The minimum absolute atomic E-state index is 0.116. The van der Waals surface area contributed by atoms with Gasteiger partial charge in [-0.3, -0.25) is 0 Å². The van der Waals surface area contributed by atoms with Gasteiger partial charge in [0.2, 0.25) is 10.0 Å². The molecule has 0 bridgehead atoms. The van der Waals surface area contributed by atoms with E-state index in [1.165, 1.54) is 4.31 Å². The number of ether oxygens (including phenoxy) is 1. The molecule has 5 nitrogen and oxygen atoms in total. The zero-order valence-corrected chi connectivity index (χ0v) is 12.4. The number of benzene rings is 1. The molecular formula is C12H14ClF2NO4S. The van der Waals surface area contributed by atoms with E-state index in [-0.39, 0.29) is 22.3 Å². The molecule has 0 aliphatic carbocycles. The van der Waals surface area contributed by atoms with Gasteiger partial charge in [-0.05, 0) is 31.0 Å². The van der Waals surface area contributed by atoms with Crippen molar-refractivity contribution in [2.45, 2.75) is 30.4 Å². The van der Waals surface area contributed by atoms with Gasteiger partial charge >= 0.3 is 6.61 Å². The van der Waals surface area contributed by atoms with Crippen molar-refractivity contribution in [2.75, 3.05) is 13.2 Å². The number of rotatable bonds is 5. The molecule has 0 saturated carbocycles. The molecule has 1 N–H and O–H groups in total. The Morgan fingerprint density at radius 1 is 1.48 bits per heavy atom. The van der Waals surface area contributed by atoms with Crippen molar-refractivity contribution in [3.8, 4) is 5.75 Å². The Kier molecular flexibility index (Phi) is 5.03. The first-order chi connectivity index (χ1) is 9.86. The topological polar surface area (TPSA) is 66.8 Å². The van der Waals surface area contributed by atoms with Gasteiger partial charge in [0.1, 0.15) is 5.75 Å². The average molecular weight is 342 g/mol. The van der Waals surface area contributed by atoms with Gasteiger partial charge in [0, 0.05) is 12.6 Å². The first kappa shape index (κ1) is 16.4. The van der Waals surface area contributed by atoms with Crippen molar-refractivity contribution in [2.24, 2.45) is 0 Å². The molecule has 1 aliphatic heterocycles. The van der Waals surface area contributed by atoms with Gasteiger partial charge in [-0.2, -0.15) is 13.1 Å². The highest BCUT2D eigenvalue weighted by atomic mass is 35.5. The van der Waals surface area contributed by atoms with Gasteiger partial charge in [-0.25, -0.2) is 8.42 Å². The molecule has 1 aliphatic rings. The molecule has 0 radical (unpaired) electrons. The van der Waals surface area contributed by atoms with E-state index in [9.17, 15) is 22.3 Å². The lowest BCUT2D eigenvalue weighted by atomic mass is 10.2. The first-order valence-electron chi connectivity index (χ1n) is 6.23. The van der Waals surface area contributed by atoms with Crippen LogP contribution in [0.1, 0.15) is 12.8 Å². The van der Waals surface area contributed by atoms with Crippen molar-refractivity contribution in [3.63, 3.8) is 0 Å². The molecule has 9 heteroatoms. The summed E-state index contributed by atoms with van der Waals surface area (Å²) in [4.78, 5) is -0.116. The average Bonchev–Trinajstić information content (AvgIpc) is 2.89. The van der Waals surface area contributed by atoms with E-state index in [4.69, 9.17) is 11.6 Å². The highest BCUT2D eigenvalue weighted by Gasteiger charge is 2.35. The fourth-order valence-corrected chi connectivity index (χ4v) is 4.28. The Hall–Kier alpha value is -0.960. The van der Waals surface area contributed by atoms with Crippen LogP contribution >= 0.6 is 11.6 Å². The molecule has 1 unspecified atom stereocenters. The highest BCUT2D eigenvalue weighted by Crippen LogP contribution is 2.32. The summed E-state index contributed by atoms with van der Waals surface area (Å²) in [6.45, 7) is -3.00. The number of alkyl halides is 2. The van der Waals surface area contributed by atoms with Crippen LogP contribution in [0.4, 0.5) is 8.78 Å². The molecule has 0 amide bonds. The van der Waals surface area contributed by atoms with Gasteiger partial charge in [-0.15, -0.1) is 0 Å². The quantitative estimate of drug-likeness (QED) is 0.890. The molecule has 1 fully saturated rings. The molecule has 0 aromatic heterocycles. The molecule has 1 heterocycles. The van der Waals surface area contributed by atoms with Gasteiger partial charge in [0.15, 0.2) is 0 Å². The molecule has 1 aromatic rings. The van der Waals surface area contributed by atoms with Crippen LogP contribution in [0.25, 0.3) is 0 Å². The van der Waals surface area contributed by atoms with E-state index in [0.29, 0.717) is 19.4 Å². The van der Waals surface area contributed by atoms with Crippen LogP contribution < -0.4 is 4.74 Å². The third-order valence-electron chi connectivity index (χ3n) is 3.26. The SMILES string of the molecule is O=S(=O)(c1ccc(OC(F)F)c(Cl)c1)N1CCCC1CO. The standard InChI is InChI=1S/C12H14ClF2NO4S/c13-10-6-9(3-4-11(10)20-12(14)15)21(18,19)16-5-1-2-8(16)7-17/h3-4,6,8,12,17H,1-2,5,7H2. The second-order valence-electron chi connectivity index (χ2n) is 4.57. The fourth-order valence-electron chi connectivity index (χ4n) is 2.28. The van der Waals surface area contributed by atoms with Crippen molar-refractivity contribution in [1.82, 2.24) is 4.31 Å². The maximum absolute atomic E-state index is 12.5. The summed E-state index contributed by atoms with van der Waals surface area (Å²) >= 11 is 5.77. The van der Waals surface area contributed by atoms with Crippen molar-refractivity contribution in [1.29, 1.82) is 0 Å². The fraction of sp³-hybridized carbons (Fsp3) is 0.500. The van der Waals surface area contributed by atoms with E-state index < -0.39 is 22.7 Å². The Labute approximate surface area is 126 Å². The maximum Gasteiger partial charge on any atom is 0.387 e. The number of hydrogen-bond donors (Lipinski definition) is 1. The molecule has 0 spiro atoms. The van der Waals surface area contributed by atoms with Crippen LogP contribution in [0.3, 0.4) is 0 Å². The lowest BCUT2D eigenvalue weighted by Crippen LogP contribution is -2.37. The molecule has 2 rings (SSSR count). The van der Waals surface area contributed by atoms with Gasteiger partial charge in [-0.1, -0.05) is 11.6 Å². The van der Waals surface area contributed by atoms with Crippen molar-refractivity contribution < 1.29 is 27.0 Å². The molecule has 1 aromatic carbocycles. The second kappa shape index (κ2) is 6.43. The summed E-state index contributed by atoms with van der Waals surface area (Å²) in [5.74, 6) is -0.286. The van der Waals surface area contributed by atoms with Crippen LogP contribution in [0.15, 0.2) is 23.1 Å². The van der Waals surface area contributed by atoms with Gasteiger partial charge in [0.25, 0.3) is 0 Å². The van der Waals surface area contributed by atoms with E-state index in [0.717, 1.165) is 18.2 Å². The number of aliphatic hydroxyl groups is 1. The Morgan fingerprint density at radius 2 is 2.19 bits per heavy atom. The van der Waals surface area contributed by atoms with Crippen molar-refractivity contribution >= 4 is 21.6 Å². The van der Waals surface area contributed by atoms with Gasteiger partial charge < -0.3 is 9.84 Å². The van der Waals surface area contributed by atoms with E-state index in [1.54, 1.807) is 0 Å². The van der Waals surface area contributed by atoms with E-state index in [2.05, 4.69) is 4.74 Å². The molecule has 1 atom stereocenters. The van der Waals surface area contributed by atoms with Crippen LogP contribution in [-0.2, 0) is 10.0 Å². The smallest absolute Gasteiger partial charge is 0.387 e. The summed E-state index contributed by atoms with van der Waals surface area (Å²) < 4.78 is 54.6. The van der Waals surface area contributed by atoms with E-state index in [1.807, 2.05) is 0 Å². The Balaban J connectivity index is 2.31. The van der Waals surface area contributed by atoms with Crippen LogP contribution in [-0.4, -0.2) is 43.6 Å². The lowest BCUT2D eigenvalue weighted by Gasteiger charge is -2.22. The predicted molar refractivity (Wildman–Crippen MR) is 72.1 cm³/mol. The monoisotopic (exact) mass is 341 g/mol. The lowest BCUT2D eigenvalue weighted by molar-refractivity contribution is -0.0498. The number of nitrogens with zero attached hydrogens (tertiary/aromatic N) is 1. The zero-order valence-electron chi connectivity index (χ0n) is 10.9. The van der Waals surface area contributed by atoms with Gasteiger partial charge in [0.05, 0.1) is 16.5 Å². The maximum atomic E-state index is 12.5. The predicted octanol–water partition coefficient (Wildman–Crippen LogP) is 2.09. The number of hydrogen-bond acceptors (Lipinski definition) is 4. The molecular weight excluding hydrogens is 328 g/mol. The number of halogens is 3. The number of aliphatic hydroxyl groups excluding tert-OH is 1. The highest BCUT2D eigenvalue weighted by molar-refractivity contribution is 7.89. The third kappa shape index (κ3) is 3.45. The van der Waals surface area contributed by atoms with E-state index >= 15 is 0 Å². The van der Waals surface area contributed by atoms with Crippen LogP contribution in [0, 0.1) is 0 Å². The minimum Gasteiger partial charge on any atom is -0.433 e. The summed E-state index contributed by atoms with van der Waals surface area (Å²) in [5, 5.41) is 9.00. The summed E-state index contributed by atoms with van der Waals surface area (Å²) in [6.07, 6.45) is 1.24. The normalized spacial score (nSPS) is 20.1. The Bertz CT molecular complexity index is 611. The summed E-state index contributed by atoms with van der Waals surface area (Å²) in [6, 6.07) is 2.85. The molecule has 21 heavy (non-hydrogen) atoms. The number of sulfonamides is 1. The molecule has 118 valence electrons. The summed E-state index contributed by atoms with van der Waals surface area (Å²) in [7, 11) is -3.82. The van der Waals surface area contributed by atoms with Crippen molar-refractivity contribution in [3.05, 3.63) is 23.2 Å². The largest absolute Gasteiger partial charge is 0.433 e. The third-order valence-corrected chi connectivity index (χ3v) is 5.50. The molecule has 1 saturated heterocycles.